The summed E-state index contributed by atoms with van der Waals surface area (Å²) in [6, 6.07) is 0. The van der Waals surface area contributed by atoms with E-state index >= 15 is 0 Å². The summed E-state index contributed by atoms with van der Waals surface area (Å²) in [5.41, 5.74) is 0.219. The van der Waals surface area contributed by atoms with Gasteiger partial charge in [0.25, 0.3) is 0 Å². The fraction of sp³-hybridized carbons (Fsp3) is 1.00. The molecule has 0 bridgehead atoms. The highest BCUT2D eigenvalue weighted by molar-refractivity contribution is 4.81. The summed E-state index contributed by atoms with van der Waals surface area (Å²) < 4.78 is 0. The van der Waals surface area contributed by atoms with E-state index in [1.54, 1.807) is 0 Å². The van der Waals surface area contributed by atoms with Crippen LogP contribution in [-0.2, 0) is 0 Å². The highest BCUT2D eigenvalue weighted by atomic mass is 16.3. The normalized spacial score (nSPS) is 27.5. The van der Waals surface area contributed by atoms with E-state index in [2.05, 4.69) is 6.92 Å². The summed E-state index contributed by atoms with van der Waals surface area (Å²) in [6.45, 7) is 4.16. The van der Waals surface area contributed by atoms with Crippen molar-refractivity contribution in [1.29, 1.82) is 0 Å². The molecule has 0 amide bonds. The van der Waals surface area contributed by atoms with Gasteiger partial charge in [-0.25, -0.2) is 0 Å². The second-order valence-corrected chi connectivity index (χ2v) is 4.24. The minimum atomic E-state index is -0.124. The van der Waals surface area contributed by atoms with Crippen LogP contribution in [0.5, 0.6) is 0 Å². The Kier molecular flexibility index (Phi) is 2.94. The van der Waals surface area contributed by atoms with Crippen molar-refractivity contribution in [3.05, 3.63) is 0 Å². The zero-order valence-corrected chi connectivity index (χ0v) is 7.77. The van der Waals surface area contributed by atoms with Crippen LogP contribution in [0.25, 0.3) is 0 Å². The van der Waals surface area contributed by atoms with Gasteiger partial charge >= 0.3 is 0 Å². The lowest BCUT2D eigenvalue weighted by Gasteiger charge is -2.31. The molecule has 0 spiro atoms. The molecule has 0 saturated heterocycles. The lowest BCUT2D eigenvalue weighted by molar-refractivity contribution is 0.0405. The Morgan fingerprint density at radius 1 is 1.09 bits per heavy atom. The maximum atomic E-state index is 9.56. The van der Waals surface area contributed by atoms with Crippen LogP contribution in [0.3, 0.4) is 0 Å². The molecule has 1 N–H and O–H groups in total. The lowest BCUT2D eigenvalue weighted by Crippen LogP contribution is -2.28. The summed E-state index contributed by atoms with van der Waals surface area (Å²) in [7, 11) is 0. The summed E-state index contributed by atoms with van der Waals surface area (Å²) >= 11 is 0. The van der Waals surface area contributed by atoms with Crippen molar-refractivity contribution in [3.8, 4) is 0 Å². The smallest absolute Gasteiger partial charge is 0.0565 e. The van der Waals surface area contributed by atoms with E-state index in [4.69, 9.17) is 0 Å². The zero-order chi connectivity index (χ0) is 8.32. The Labute approximate surface area is 69.8 Å². The van der Waals surface area contributed by atoms with Gasteiger partial charge in [0.15, 0.2) is 0 Å². The first-order valence-electron chi connectivity index (χ1n) is 4.83. The second-order valence-electron chi connectivity index (χ2n) is 4.24. The summed E-state index contributed by atoms with van der Waals surface area (Å²) in [6.07, 6.45) is 7.64. The molecule has 0 heterocycles. The molecule has 0 aromatic carbocycles. The molecule has 11 heavy (non-hydrogen) atoms. The van der Waals surface area contributed by atoms with Crippen molar-refractivity contribution in [3.63, 3.8) is 0 Å². The molecule has 1 nitrogen and oxygen atoms in total. The number of hydrogen-bond acceptors (Lipinski definition) is 1. The Balaban J connectivity index is 2.52. The predicted molar refractivity (Wildman–Crippen MR) is 47.5 cm³/mol. The molecule has 0 aromatic heterocycles. The topological polar surface area (TPSA) is 20.2 Å². The monoisotopic (exact) mass is 156 g/mol. The Bertz CT molecular complexity index is 110. The van der Waals surface area contributed by atoms with E-state index in [1.807, 2.05) is 6.92 Å². The quantitative estimate of drug-likeness (QED) is 0.579. The van der Waals surface area contributed by atoms with Crippen LogP contribution in [-0.4, -0.2) is 11.2 Å². The standard InChI is InChI=1S/C10H20O/c1-9(11)10(2)7-5-3-4-6-8-10/h9,11H,3-8H2,1-2H3. The summed E-state index contributed by atoms with van der Waals surface area (Å²) in [5.74, 6) is 0. The molecule has 1 rings (SSSR count). The highest BCUT2D eigenvalue weighted by Gasteiger charge is 2.29. The second kappa shape index (κ2) is 3.57. The summed E-state index contributed by atoms with van der Waals surface area (Å²) in [4.78, 5) is 0. The molecule has 1 aliphatic carbocycles. The minimum Gasteiger partial charge on any atom is -0.393 e. The Morgan fingerprint density at radius 2 is 1.55 bits per heavy atom. The molecule has 1 saturated carbocycles. The van der Waals surface area contributed by atoms with Crippen LogP contribution in [0.15, 0.2) is 0 Å². The van der Waals surface area contributed by atoms with Crippen LogP contribution in [0, 0.1) is 5.41 Å². The fourth-order valence-electron chi connectivity index (χ4n) is 1.95. The van der Waals surface area contributed by atoms with E-state index in [-0.39, 0.29) is 11.5 Å². The van der Waals surface area contributed by atoms with Crippen LogP contribution in [0.1, 0.15) is 52.4 Å². The largest absolute Gasteiger partial charge is 0.393 e. The van der Waals surface area contributed by atoms with Crippen LogP contribution in [0.2, 0.25) is 0 Å². The average Bonchev–Trinajstić information content (AvgIpc) is 2.15. The van der Waals surface area contributed by atoms with Gasteiger partial charge < -0.3 is 5.11 Å². The van der Waals surface area contributed by atoms with Crippen molar-refractivity contribution < 1.29 is 5.11 Å². The number of rotatable bonds is 1. The van der Waals surface area contributed by atoms with Crippen molar-refractivity contribution in [2.45, 2.75) is 58.5 Å². The van der Waals surface area contributed by atoms with Gasteiger partial charge in [-0.15, -0.1) is 0 Å². The van der Waals surface area contributed by atoms with Crippen molar-refractivity contribution in [1.82, 2.24) is 0 Å². The third kappa shape index (κ3) is 2.19. The van der Waals surface area contributed by atoms with E-state index in [1.165, 1.54) is 38.5 Å². The van der Waals surface area contributed by atoms with Crippen LogP contribution >= 0.6 is 0 Å². The highest BCUT2D eigenvalue weighted by Crippen LogP contribution is 2.37. The zero-order valence-electron chi connectivity index (χ0n) is 7.77. The molecule has 0 radical (unpaired) electrons. The first kappa shape index (κ1) is 9.05. The molecule has 0 aliphatic heterocycles. The first-order valence-corrected chi connectivity index (χ1v) is 4.83. The van der Waals surface area contributed by atoms with Crippen molar-refractivity contribution in [2.24, 2.45) is 5.41 Å². The fourth-order valence-corrected chi connectivity index (χ4v) is 1.95. The van der Waals surface area contributed by atoms with E-state index in [0.29, 0.717) is 0 Å². The summed E-state index contributed by atoms with van der Waals surface area (Å²) in [5, 5.41) is 9.56. The van der Waals surface area contributed by atoms with E-state index in [9.17, 15) is 5.11 Å². The molecule has 66 valence electrons. The average molecular weight is 156 g/mol. The van der Waals surface area contributed by atoms with E-state index in [0.717, 1.165) is 0 Å². The van der Waals surface area contributed by atoms with Gasteiger partial charge in [0.05, 0.1) is 6.10 Å². The van der Waals surface area contributed by atoms with Gasteiger partial charge in [0.2, 0.25) is 0 Å². The van der Waals surface area contributed by atoms with Crippen molar-refractivity contribution >= 4 is 0 Å². The van der Waals surface area contributed by atoms with Crippen molar-refractivity contribution in [2.75, 3.05) is 0 Å². The number of hydrogen-bond donors (Lipinski definition) is 1. The maximum Gasteiger partial charge on any atom is 0.0565 e. The molecule has 1 fully saturated rings. The number of aliphatic hydroxyl groups excluding tert-OH is 1. The third-order valence-electron chi connectivity index (χ3n) is 3.25. The van der Waals surface area contributed by atoms with Gasteiger partial charge in [-0.1, -0.05) is 32.6 Å². The number of aliphatic hydroxyl groups is 1. The molecular weight excluding hydrogens is 136 g/mol. The molecule has 1 unspecified atom stereocenters. The SMILES string of the molecule is CC(O)C1(C)CCCCCC1. The van der Waals surface area contributed by atoms with Gasteiger partial charge in [-0.2, -0.15) is 0 Å². The molecular formula is C10H20O. The van der Waals surface area contributed by atoms with Gasteiger partial charge in [-0.05, 0) is 25.2 Å². The minimum absolute atomic E-state index is 0.124. The lowest BCUT2D eigenvalue weighted by atomic mass is 9.78. The van der Waals surface area contributed by atoms with E-state index < -0.39 is 0 Å². The Morgan fingerprint density at radius 3 is 1.91 bits per heavy atom. The van der Waals surface area contributed by atoms with Gasteiger partial charge in [0, 0.05) is 0 Å². The van der Waals surface area contributed by atoms with Crippen LogP contribution in [0.4, 0.5) is 0 Å². The van der Waals surface area contributed by atoms with Gasteiger partial charge in [0.1, 0.15) is 0 Å². The predicted octanol–water partition coefficient (Wildman–Crippen LogP) is 2.73. The molecule has 1 aliphatic rings. The van der Waals surface area contributed by atoms with Crippen LogP contribution < -0.4 is 0 Å². The van der Waals surface area contributed by atoms with Gasteiger partial charge in [-0.3, -0.25) is 0 Å². The first-order chi connectivity index (χ1) is 5.15. The molecule has 1 heteroatoms. The molecule has 0 aromatic rings. The maximum absolute atomic E-state index is 9.56. The molecule has 1 atom stereocenters. The third-order valence-corrected chi connectivity index (χ3v) is 3.25. The Hall–Kier alpha value is -0.0400.